The number of benzene rings is 1. The van der Waals surface area contributed by atoms with E-state index in [1.165, 1.54) is 0 Å². The molecule has 2 aliphatic carbocycles. The van der Waals surface area contributed by atoms with Crippen molar-refractivity contribution in [2.75, 3.05) is 11.9 Å². The summed E-state index contributed by atoms with van der Waals surface area (Å²) in [6.07, 6.45) is 4.01. The van der Waals surface area contributed by atoms with Crippen LogP contribution >= 0.6 is 11.3 Å². The van der Waals surface area contributed by atoms with Crippen LogP contribution < -0.4 is 11.1 Å². The van der Waals surface area contributed by atoms with Gasteiger partial charge >= 0.3 is 0 Å². The number of nitrogens with two attached hydrogens (primary N) is 1. The average Bonchev–Trinajstić information content (AvgIpc) is 3.44. The van der Waals surface area contributed by atoms with Crippen molar-refractivity contribution in [3.63, 3.8) is 0 Å². The molecule has 3 N–H and O–H groups in total. The zero-order chi connectivity index (χ0) is 27.6. The Balaban J connectivity index is 1.27. The van der Waals surface area contributed by atoms with Gasteiger partial charge in [0.15, 0.2) is 5.82 Å². The van der Waals surface area contributed by atoms with Gasteiger partial charge in [-0.05, 0) is 72.5 Å². The first-order valence-electron chi connectivity index (χ1n) is 13.8. The van der Waals surface area contributed by atoms with Crippen LogP contribution in [0.25, 0.3) is 22.4 Å². The minimum atomic E-state index is -0.832. The molecule has 0 radical (unpaired) electrons. The van der Waals surface area contributed by atoms with Gasteiger partial charge in [-0.15, -0.1) is 10.2 Å². The normalized spacial score (nSPS) is 24.6. The number of amides is 2. The van der Waals surface area contributed by atoms with Crippen LogP contribution in [0.3, 0.4) is 0 Å². The fraction of sp³-hybridized carbons (Fsp3) is 0.467. The number of halogens is 1. The maximum Gasteiger partial charge on any atom is 0.225 e. The Bertz CT molecular complexity index is 1300. The third kappa shape index (κ3) is 6.04. The molecule has 5 rings (SSSR count). The molecule has 0 saturated heterocycles. The summed E-state index contributed by atoms with van der Waals surface area (Å²) >= 11 is 1.59. The zero-order valence-electron chi connectivity index (χ0n) is 22.5. The number of alkyl halides is 1. The predicted octanol–water partition coefficient (Wildman–Crippen LogP) is 5.91. The first kappa shape index (κ1) is 27.4. The van der Waals surface area contributed by atoms with E-state index >= 15 is 0 Å². The lowest BCUT2D eigenvalue weighted by Gasteiger charge is -2.41. The van der Waals surface area contributed by atoms with Gasteiger partial charge in [-0.3, -0.25) is 9.59 Å². The number of nitrogens with zero attached hydrogens (tertiary/aromatic N) is 3. The van der Waals surface area contributed by atoms with Crippen molar-refractivity contribution in [2.45, 2.75) is 76.5 Å². The van der Waals surface area contributed by atoms with Gasteiger partial charge in [-0.2, -0.15) is 11.3 Å². The highest BCUT2D eigenvalue weighted by molar-refractivity contribution is 7.08. The zero-order valence-corrected chi connectivity index (χ0v) is 23.3. The number of aromatic nitrogens is 2. The van der Waals surface area contributed by atoms with Crippen molar-refractivity contribution in [3.05, 3.63) is 52.7 Å². The van der Waals surface area contributed by atoms with Crippen LogP contribution in [0.1, 0.15) is 64.4 Å². The quantitative estimate of drug-likeness (QED) is 0.364. The van der Waals surface area contributed by atoms with E-state index in [1.54, 1.807) is 18.3 Å². The molecule has 3 aromatic rings. The van der Waals surface area contributed by atoms with Crippen LogP contribution in [0.5, 0.6) is 0 Å². The molecular weight excluding hydrogens is 513 g/mol. The molecule has 1 aromatic carbocycles. The first-order chi connectivity index (χ1) is 18.8. The molecule has 0 bridgehead atoms. The van der Waals surface area contributed by atoms with Crippen molar-refractivity contribution in [3.8, 4) is 22.4 Å². The Morgan fingerprint density at radius 3 is 2.41 bits per heavy atom. The van der Waals surface area contributed by atoms with Crippen molar-refractivity contribution < 1.29 is 14.0 Å². The Morgan fingerprint density at radius 2 is 1.82 bits per heavy atom. The molecule has 2 heterocycles. The number of carbonyl (C=O) groups is 2. The van der Waals surface area contributed by atoms with E-state index in [4.69, 9.17) is 5.73 Å². The number of rotatable bonds is 8. The fourth-order valence-electron chi connectivity index (χ4n) is 6.08. The minimum absolute atomic E-state index is 0.0695. The molecule has 2 saturated carbocycles. The summed E-state index contributed by atoms with van der Waals surface area (Å²) in [5.41, 5.74) is 10.2. The lowest BCUT2D eigenvalue weighted by Crippen LogP contribution is -2.50. The van der Waals surface area contributed by atoms with Gasteiger partial charge in [0.05, 0.1) is 0 Å². The van der Waals surface area contributed by atoms with Crippen LogP contribution in [0.4, 0.5) is 10.2 Å². The third-order valence-corrected chi connectivity index (χ3v) is 8.96. The monoisotopic (exact) mass is 549 g/mol. The van der Waals surface area contributed by atoms with E-state index in [-0.39, 0.29) is 17.9 Å². The molecule has 2 fully saturated rings. The van der Waals surface area contributed by atoms with Crippen LogP contribution in [-0.2, 0) is 15.1 Å². The van der Waals surface area contributed by atoms with Crippen molar-refractivity contribution >= 4 is 29.0 Å². The van der Waals surface area contributed by atoms with E-state index in [0.29, 0.717) is 36.7 Å². The Hall–Kier alpha value is -3.17. The highest BCUT2D eigenvalue weighted by Crippen LogP contribution is 2.42. The molecule has 2 aromatic heterocycles. The fourth-order valence-corrected chi connectivity index (χ4v) is 6.74. The molecule has 0 unspecified atom stereocenters. The molecule has 7 nitrogen and oxygen atoms in total. The molecule has 2 amide bonds. The average molecular weight is 550 g/mol. The van der Waals surface area contributed by atoms with Gasteiger partial charge in [-0.1, -0.05) is 24.3 Å². The summed E-state index contributed by atoms with van der Waals surface area (Å²) in [5.74, 6) is 0.770. The molecule has 0 spiro atoms. The van der Waals surface area contributed by atoms with Crippen molar-refractivity contribution in [2.24, 2.45) is 11.7 Å². The second kappa shape index (κ2) is 11.5. The van der Waals surface area contributed by atoms with Crippen LogP contribution in [-0.4, -0.2) is 45.7 Å². The summed E-state index contributed by atoms with van der Waals surface area (Å²) < 4.78 is 13.5. The highest BCUT2D eigenvalue weighted by atomic mass is 32.1. The summed E-state index contributed by atoms with van der Waals surface area (Å²) in [7, 11) is 0. The van der Waals surface area contributed by atoms with Gasteiger partial charge in [-0.25, -0.2) is 4.39 Å². The summed E-state index contributed by atoms with van der Waals surface area (Å²) in [6, 6.07) is 12.0. The molecule has 0 aliphatic heterocycles. The van der Waals surface area contributed by atoms with Crippen molar-refractivity contribution in [1.29, 1.82) is 0 Å². The molecule has 9 heteroatoms. The SMILES string of the molecule is CCN(C(C)=O)C1CCC(CC(=O)Nc2cc(-c3ccsc3)c(-c3ccc(C4(N)CC(F)C4)cc3)nn2)CC1. The van der Waals surface area contributed by atoms with Crippen LogP contribution in [0.2, 0.25) is 0 Å². The second-order valence-electron chi connectivity index (χ2n) is 11.0. The predicted molar refractivity (Wildman–Crippen MR) is 153 cm³/mol. The van der Waals surface area contributed by atoms with Gasteiger partial charge in [0.1, 0.15) is 11.9 Å². The van der Waals surface area contributed by atoms with E-state index < -0.39 is 11.7 Å². The number of thiophene rings is 1. The lowest BCUT2D eigenvalue weighted by atomic mass is 9.71. The van der Waals surface area contributed by atoms with Gasteiger partial charge in [0.2, 0.25) is 11.8 Å². The molecule has 2 aliphatic rings. The third-order valence-electron chi connectivity index (χ3n) is 8.27. The number of carbonyl (C=O) groups excluding carboxylic acids is 2. The topological polar surface area (TPSA) is 101 Å². The largest absolute Gasteiger partial charge is 0.340 e. The van der Waals surface area contributed by atoms with Gasteiger partial charge in [0.25, 0.3) is 0 Å². The second-order valence-corrected chi connectivity index (χ2v) is 11.8. The summed E-state index contributed by atoms with van der Waals surface area (Å²) in [5, 5.41) is 15.9. The van der Waals surface area contributed by atoms with E-state index in [1.807, 2.05) is 59.0 Å². The number of hydrogen-bond donors (Lipinski definition) is 2. The van der Waals surface area contributed by atoms with Crippen LogP contribution in [0.15, 0.2) is 47.2 Å². The van der Waals surface area contributed by atoms with Crippen molar-refractivity contribution in [1.82, 2.24) is 15.1 Å². The Kier molecular flexibility index (Phi) is 8.09. The first-order valence-corrected chi connectivity index (χ1v) is 14.7. The van der Waals surface area contributed by atoms with E-state index in [9.17, 15) is 14.0 Å². The number of hydrogen-bond acceptors (Lipinski definition) is 6. The van der Waals surface area contributed by atoms with Gasteiger partial charge < -0.3 is 16.0 Å². The minimum Gasteiger partial charge on any atom is -0.340 e. The van der Waals surface area contributed by atoms with Crippen LogP contribution in [0, 0.1) is 5.92 Å². The molecule has 206 valence electrons. The smallest absolute Gasteiger partial charge is 0.225 e. The standard InChI is InChI=1S/C30H36FN5O2S/c1-3-36(19(2)37)25-10-4-20(5-11-25)14-28(38)33-27-15-26(22-12-13-39-18-22)29(35-34-27)21-6-8-23(9-7-21)30(32)16-24(31)17-30/h6-9,12-13,15,18,20,24-25H,3-5,10-11,14,16-17,32H2,1-2H3,(H,33,34,38). The summed E-state index contributed by atoms with van der Waals surface area (Å²) in [4.78, 5) is 26.7. The van der Waals surface area contributed by atoms with E-state index in [2.05, 4.69) is 15.5 Å². The Labute approximate surface area is 233 Å². The molecular formula is C30H36FN5O2S. The maximum absolute atomic E-state index is 13.5. The maximum atomic E-state index is 13.5. The molecule has 0 atom stereocenters. The lowest BCUT2D eigenvalue weighted by molar-refractivity contribution is -0.132. The van der Waals surface area contributed by atoms with Gasteiger partial charge in [0, 0.05) is 55.4 Å². The summed E-state index contributed by atoms with van der Waals surface area (Å²) in [6.45, 7) is 4.37. The highest BCUT2D eigenvalue weighted by Gasteiger charge is 2.42. The van der Waals surface area contributed by atoms with E-state index in [0.717, 1.165) is 54.5 Å². The molecule has 39 heavy (non-hydrogen) atoms. The number of nitrogens with one attached hydrogen (secondary N) is 1. The number of anilines is 1. The Morgan fingerprint density at radius 1 is 1.10 bits per heavy atom.